The van der Waals surface area contributed by atoms with Gasteiger partial charge in [0, 0.05) is 17.7 Å². The number of aromatic amines is 1. The highest BCUT2D eigenvalue weighted by Crippen LogP contribution is 2.15. The molecule has 0 unspecified atom stereocenters. The Morgan fingerprint density at radius 3 is 2.61 bits per heavy atom. The second-order valence-corrected chi connectivity index (χ2v) is 5.11. The number of carbonyl (C=O) groups is 2. The summed E-state index contributed by atoms with van der Waals surface area (Å²) in [4.78, 5) is 41.8. The molecule has 1 heterocycles. The number of aromatic carboxylic acids is 1. The van der Waals surface area contributed by atoms with Crippen LogP contribution in [0.25, 0.3) is 0 Å². The number of rotatable bonds is 5. The van der Waals surface area contributed by atoms with Crippen LogP contribution in [-0.4, -0.2) is 27.0 Å². The molecular formula is C16H17N3O4. The molecule has 0 bridgehead atoms. The van der Waals surface area contributed by atoms with Crippen LogP contribution in [0, 0.1) is 13.8 Å². The minimum atomic E-state index is -1.11. The van der Waals surface area contributed by atoms with Crippen molar-refractivity contribution in [1.82, 2.24) is 9.97 Å². The maximum Gasteiger partial charge on any atom is 0.337 e. The zero-order valence-electron chi connectivity index (χ0n) is 12.8. The number of carboxylic acid groups (broad SMARTS) is 1. The summed E-state index contributed by atoms with van der Waals surface area (Å²) in [7, 11) is 0. The first-order valence-electron chi connectivity index (χ1n) is 7.07. The third-order valence-electron chi connectivity index (χ3n) is 3.37. The Morgan fingerprint density at radius 2 is 1.96 bits per heavy atom. The van der Waals surface area contributed by atoms with Gasteiger partial charge in [0.05, 0.1) is 11.3 Å². The van der Waals surface area contributed by atoms with Gasteiger partial charge in [0.2, 0.25) is 5.91 Å². The van der Waals surface area contributed by atoms with E-state index in [0.29, 0.717) is 17.1 Å². The molecule has 0 saturated carbocycles. The van der Waals surface area contributed by atoms with Crippen molar-refractivity contribution in [3.05, 3.63) is 57.3 Å². The van der Waals surface area contributed by atoms with E-state index in [-0.39, 0.29) is 35.6 Å². The summed E-state index contributed by atoms with van der Waals surface area (Å²) in [5.41, 5.74) is 1.04. The highest BCUT2D eigenvalue weighted by molar-refractivity contribution is 6.00. The smallest absolute Gasteiger partial charge is 0.337 e. The van der Waals surface area contributed by atoms with E-state index in [1.54, 1.807) is 26.0 Å². The monoisotopic (exact) mass is 315 g/mol. The Morgan fingerprint density at radius 1 is 1.26 bits per heavy atom. The van der Waals surface area contributed by atoms with Crippen LogP contribution in [-0.2, 0) is 11.2 Å². The van der Waals surface area contributed by atoms with Crippen molar-refractivity contribution in [3.63, 3.8) is 0 Å². The van der Waals surface area contributed by atoms with Gasteiger partial charge in [0.15, 0.2) is 0 Å². The molecule has 23 heavy (non-hydrogen) atoms. The molecular weight excluding hydrogens is 298 g/mol. The first kappa shape index (κ1) is 16.4. The molecule has 0 aliphatic rings. The molecule has 0 saturated heterocycles. The lowest BCUT2D eigenvalue weighted by atomic mass is 10.1. The number of carboxylic acids is 1. The average molecular weight is 315 g/mol. The number of nitrogens with one attached hydrogen (secondary N) is 2. The number of H-pyrrole nitrogens is 1. The molecule has 0 aliphatic heterocycles. The van der Waals surface area contributed by atoms with Crippen molar-refractivity contribution in [2.75, 3.05) is 5.32 Å². The Hall–Kier alpha value is -2.96. The summed E-state index contributed by atoms with van der Waals surface area (Å²) < 4.78 is 0. The Kier molecular flexibility index (Phi) is 4.90. The van der Waals surface area contributed by atoms with E-state index in [2.05, 4.69) is 15.3 Å². The van der Waals surface area contributed by atoms with Gasteiger partial charge in [-0.25, -0.2) is 9.78 Å². The van der Waals surface area contributed by atoms with E-state index in [4.69, 9.17) is 5.11 Å². The molecule has 0 fully saturated rings. The van der Waals surface area contributed by atoms with Gasteiger partial charge < -0.3 is 15.4 Å². The lowest BCUT2D eigenvalue weighted by molar-refractivity contribution is -0.116. The lowest BCUT2D eigenvalue weighted by Crippen LogP contribution is -2.21. The average Bonchev–Trinajstić information content (AvgIpc) is 2.46. The van der Waals surface area contributed by atoms with Crippen LogP contribution in [0.1, 0.15) is 33.9 Å². The largest absolute Gasteiger partial charge is 0.478 e. The summed E-state index contributed by atoms with van der Waals surface area (Å²) in [6.07, 6.45) is 0.290. The SMILES string of the molecule is Cc1nc(C)c(CCC(=O)Nc2ccccc2C(=O)O)c(=O)[nH]1. The van der Waals surface area contributed by atoms with Crippen molar-refractivity contribution in [1.29, 1.82) is 0 Å². The predicted octanol–water partition coefficient (Wildman–Crippen LogP) is 1.66. The first-order chi connectivity index (χ1) is 10.9. The number of carbonyl (C=O) groups excluding carboxylic acids is 1. The summed E-state index contributed by atoms with van der Waals surface area (Å²) in [5.74, 6) is -0.954. The van der Waals surface area contributed by atoms with Gasteiger partial charge in [-0.1, -0.05) is 12.1 Å². The number of aromatic nitrogens is 2. The molecule has 1 aromatic heterocycles. The fraction of sp³-hybridized carbons (Fsp3) is 0.250. The van der Waals surface area contributed by atoms with Crippen molar-refractivity contribution >= 4 is 17.6 Å². The predicted molar refractivity (Wildman–Crippen MR) is 84.7 cm³/mol. The van der Waals surface area contributed by atoms with Crippen LogP contribution in [0.5, 0.6) is 0 Å². The van der Waals surface area contributed by atoms with E-state index >= 15 is 0 Å². The summed E-state index contributed by atoms with van der Waals surface area (Å²) in [6, 6.07) is 6.16. The van der Waals surface area contributed by atoms with Gasteiger partial charge in [-0.2, -0.15) is 0 Å². The molecule has 0 spiro atoms. The van der Waals surface area contributed by atoms with Gasteiger partial charge in [0.1, 0.15) is 5.82 Å². The Labute approximate surface area is 132 Å². The zero-order valence-corrected chi connectivity index (χ0v) is 12.8. The second-order valence-electron chi connectivity index (χ2n) is 5.11. The van der Waals surface area contributed by atoms with E-state index in [1.807, 2.05) is 0 Å². The topological polar surface area (TPSA) is 112 Å². The molecule has 7 heteroatoms. The minimum absolute atomic E-state index is 0.0203. The van der Waals surface area contributed by atoms with Crippen LogP contribution in [0.2, 0.25) is 0 Å². The molecule has 2 rings (SSSR count). The minimum Gasteiger partial charge on any atom is -0.478 e. The quantitative estimate of drug-likeness (QED) is 0.776. The van der Waals surface area contributed by atoms with E-state index in [0.717, 1.165) is 0 Å². The number of anilines is 1. The van der Waals surface area contributed by atoms with Crippen LogP contribution in [0.3, 0.4) is 0 Å². The van der Waals surface area contributed by atoms with Crippen LogP contribution in [0.4, 0.5) is 5.69 Å². The zero-order chi connectivity index (χ0) is 17.0. The summed E-state index contributed by atoms with van der Waals surface area (Å²) in [6.45, 7) is 3.41. The van der Waals surface area contributed by atoms with Crippen molar-refractivity contribution in [3.8, 4) is 0 Å². The number of benzene rings is 1. The number of aryl methyl sites for hydroxylation is 2. The van der Waals surface area contributed by atoms with Crippen molar-refractivity contribution in [2.24, 2.45) is 0 Å². The fourth-order valence-electron chi connectivity index (χ4n) is 2.28. The lowest BCUT2D eigenvalue weighted by Gasteiger charge is -2.09. The third kappa shape index (κ3) is 4.03. The summed E-state index contributed by atoms with van der Waals surface area (Å²) >= 11 is 0. The van der Waals surface area contributed by atoms with Gasteiger partial charge in [-0.3, -0.25) is 9.59 Å². The normalized spacial score (nSPS) is 10.3. The van der Waals surface area contributed by atoms with E-state index in [1.165, 1.54) is 12.1 Å². The Bertz CT molecular complexity index is 811. The number of para-hydroxylation sites is 1. The van der Waals surface area contributed by atoms with Crippen LogP contribution >= 0.6 is 0 Å². The second kappa shape index (κ2) is 6.87. The summed E-state index contributed by atoms with van der Waals surface area (Å²) in [5, 5.41) is 11.6. The molecule has 3 N–H and O–H groups in total. The molecule has 0 radical (unpaired) electrons. The number of hydrogen-bond donors (Lipinski definition) is 3. The highest BCUT2D eigenvalue weighted by atomic mass is 16.4. The van der Waals surface area contributed by atoms with Gasteiger partial charge in [-0.15, -0.1) is 0 Å². The number of nitrogens with zero attached hydrogens (tertiary/aromatic N) is 1. The molecule has 0 atom stereocenters. The maximum absolute atomic E-state index is 12.0. The number of hydrogen-bond acceptors (Lipinski definition) is 4. The van der Waals surface area contributed by atoms with E-state index in [9.17, 15) is 14.4 Å². The van der Waals surface area contributed by atoms with E-state index < -0.39 is 5.97 Å². The molecule has 1 aromatic carbocycles. The maximum atomic E-state index is 12.0. The van der Waals surface area contributed by atoms with Crippen LogP contribution < -0.4 is 10.9 Å². The molecule has 120 valence electrons. The Balaban J connectivity index is 2.07. The highest BCUT2D eigenvalue weighted by Gasteiger charge is 2.13. The van der Waals surface area contributed by atoms with Crippen molar-refractivity contribution < 1.29 is 14.7 Å². The van der Waals surface area contributed by atoms with Gasteiger partial charge in [-0.05, 0) is 32.4 Å². The molecule has 0 aliphatic carbocycles. The standard InChI is InChI=1S/C16H17N3O4/c1-9-11(15(21)18-10(2)17-9)7-8-14(20)19-13-6-4-3-5-12(13)16(22)23/h3-6H,7-8H2,1-2H3,(H,19,20)(H,22,23)(H,17,18,21). The first-order valence-corrected chi connectivity index (χ1v) is 7.07. The van der Waals surface area contributed by atoms with Crippen LogP contribution in [0.15, 0.2) is 29.1 Å². The molecule has 2 aromatic rings. The van der Waals surface area contributed by atoms with Crippen molar-refractivity contribution in [2.45, 2.75) is 26.7 Å². The molecule has 7 nitrogen and oxygen atoms in total. The van der Waals surface area contributed by atoms with Gasteiger partial charge >= 0.3 is 5.97 Å². The van der Waals surface area contributed by atoms with Gasteiger partial charge in [0.25, 0.3) is 5.56 Å². The number of amides is 1. The molecule has 1 amide bonds. The third-order valence-corrected chi connectivity index (χ3v) is 3.37. The fourth-order valence-corrected chi connectivity index (χ4v) is 2.28.